The van der Waals surface area contributed by atoms with Gasteiger partial charge in [0.2, 0.25) is 10.9 Å². The molecule has 0 N–H and O–H groups in total. The molecule has 0 fully saturated rings. The fraction of sp³-hybridized carbons (Fsp3) is 0.357. The number of carbonyl (C=O) groups is 1. The number of aryl methyl sites for hydroxylation is 1. The van der Waals surface area contributed by atoms with Crippen molar-refractivity contribution in [1.29, 1.82) is 0 Å². The van der Waals surface area contributed by atoms with Gasteiger partial charge in [-0.1, -0.05) is 29.5 Å². The molecule has 1 amide bonds. The molecular weight excluding hydrogens is 351 g/mol. The molecule has 0 spiro atoms. The molecule has 0 saturated carbocycles. The van der Waals surface area contributed by atoms with Crippen LogP contribution in [0.1, 0.15) is 22.5 Å². The highest BCUT2D eigenvalue weighted by Gasteiger charge is 2.36. The number of halogens is 4. The molecule has 4 nitrogen and oxygen atoms in total. The molecule has 1 aromatic carbocycles. The van der Waals surface area contributed by atoms with E-state index in [0.717, 1.165) is 5.56 Å². The van der Waals surface area contributed by atoms with Crippen LogP contribution in [0, 0.1) is 6.92 Å². The minimum Gasteiger partial charge on any atom is -0.304 e. The van der Waals surface area contributed by atoms with Gasteiger partial charge in [-0.05, 0) is 25.5 Å². The quantitative estimate of drug-likeness (QED) is 0.770. The van der Waals surface area contributed by atoms with Crippen molar-refractivity contribution in [2.45, 2.75) is 31.9 Å². The highest BCUT2D eigenvalue weighted by Crippen LogP contribution is 2.32. The van der Waals surface area contributed by atoms with Gasteiger partial charge in [-0.25, -0.2) is 0 Å². The van der Waals surface area contributed by atoms with Gasteiger partial charge in [0.15, 0.2) is 0 Å². The second kappa shape index (κ2) is 6.84. The number of para-hydroxylation sites is 1. The zero-order valence-corrected chi connectivity index (χ0v) is 13.8. The van der Waals surface area contributed by atoms with E-state index in [1.165, 1.54) is 11.8 Å². The van der Waals surface area contributed by atoms with E-state index in [9.17, 15) is 18.0 Å². The lowest BCUT2D eigenvalue weighted by molar-refractivity contribution is -0.138. The number of hydrogen-bond acceptors (Lipinski definition) is 4. The molecular formula is C14H13ClF3N3OS. The topological polar surface area (TPSA) is 46.1 Å². The molecule has 9 heteroatoms. The number of carbonyl (C=O) groups excluding carboxylic acids is 1. The number of benzene rings is 1. The van der Waals surface area contributed by atoms with Crippen LogP contribution in [0.15, 0.2) is 24.3 Å². The summed E-state index contributed by atoms with van der Waals surface area (Å²) in [6.45, 7) is 3.20. The van der Waals surface area contributed by atoms with Gasteiger partial charge < -0.3 is 4.90 Å². The summed E-state index contributed by atoms with van der Waals surface area (Å²) in [5.41, 5.74) is 1.38. The van der Waals surface area contributed by atoms with Crippen LogP contribution in [0.2, 0.25) is 0 Å². The van der Waals surface area contributed by atoms with Gasteiger partial charge in [0, 0.05) is 5.69 Å². The molecule has 0 aliphatic rings. The molecule has 0 aliphatic heterocycles. The molecule has 0 saturated heterocycles. The average molecular weight is 364 g/mol. The van der Waals surface area contributed by atoms with Crippen LogP contribution in [0.25, 0.3) is 0 Å². The molecule has 0 radical (unpaired) electrons. The number of nitrogens with zero attached hydrogens (tertiary/aromatic N) is 3. The Morgan fingerprint density at radius 1 is 1.35 bits per heavy atom. The third-order valence-electron chi connectivity index (χ3n) is 3.02. The number of rotatable bonds is 4. The van der Waals surface area contributed by atoms with Crippen molar-refractivity contribution in [3.05, 3.63) is 39.8 Å². The van der Waals surface area contributed by atoms with Crippen LogP contribution in [0.3, 0.4) is 0 Å². The van der Waals surface area contributed by atoms with Crippen molar-refractivity contribution in [2.24, 2.45) is 0 Å². The zero-order valence-electron chi connectivity index (χ0n) is 12.3. The maximum atomic E-state index is 12.6. The van der Waals surface area contributed by atoms with Gasteiger partial charge >= 0.3 is 6.18 Å². The van der Waals surface area contributed by atoms with Crippen LogP contribution in [0.4, 0.5) is 18.9 Å². The van der Waals surface area contributed by atoms with Crippen LogP contribution >= 0.6 is 22.9 Å². The number of aromatic nitrogens is 2. The van der Waals surface area contributed by atoms with Crippen molar-refractivity contribution < 1.29 is 18.0 Å². The summed E-state index contributed by atoms with van der Waals surface area (Å²) < 4.78 is 37.9. The van der Waals surface area contributed by atoms with E-state index in [2.05, 4.69) is 10.2 Å². The largest absolute Gasteiger partial charge is 0.445 e. The predicted molar refractivity (Wildman–Crippen MR) is 82.6 cm³/mol. The molecule has 2 aromatic rings. The Balaban J connectivity index is 2.34. The van der Waals surface area contributed by atoms with Crippen LogP contribution in [-0.4, -0.2) is 21.5 Å². The van der Waals surface area contributed by atoms with Crippen molar-refractivity contribution in [1.82, 2.24) is 10.2 Å². The predicted octanol–water partition coefficient (Wildman–Crippen LogP) is 4.03. The van der Waals surface area contributed by atoms with Gasteiger partial charge in [-0.15, -0.1) is 21.8 Å². The Morgan fingerprint density at radius 2 is 2.00 bits per heavy atom. The zero-order chi connectivity index (χ0) is 17.2. The highest BCUT2D eigenvalue weighted by atomic mass is 35.5. The normalized spacial score (nSPS) is 13.0. The molecule has 1 atom stereocenters. The number of amides is 1. The van der Waals surface area contributed by atoms with Crippen molar-refractivity contribution in [2.75, 3.05) is 4.90 Å². The SMILES string of the molecule is Cc1ccccc1N(Cc1nnc(C(F)(F)F)s1)C(=O)C(C)Cl. The van der Waals surface area contributed by atoms with E-state index < -0.39 is 22.5 Å². The van der Waals surface area contributed by atoms with Gasteiger partial charge in [0.1, 0.15) is 10.4 Å². The summed E-state index contributed by atoms with van der Waals surface area (Å²) in [4.78, 5) is 13.7. The smallest absolute Gasteiger partial charge is 0.304 e. The molecule has 1 aromatic heterocycles. The fourth-order valence-electron chi connectivity index (χ4n) is 1.93. The van der Waals surface area contributed by atoms with Crippen LogP contribution in [-0.2, 0) is 17.5 Å². The highest BCUT2D eigenvalue weighted by molar-refractivity contribution is 7.11. The lowest BCUT2D eigenvalue weighted by Crippen LogP contribution is -2.35. The van der Waals surface area contributed by atoms with Crippen molar-refractivity contribution in [3.63, 3.8) is 0 Å². The molecule has 1 unspecified atom stereocenters. The monoisotopic (exact) mass is 363 g/mol. The Hall–Kier alpha value is -1.67. The molecule has 0 bridgehead atoms. The second-order valence-electron chi connectivity index (χ2n) is 4.83. The van der Waals surface area contributed by atoms with Gasteiger partial charge in [-0.2, -0.15) is 13.2 Å². The van der Waals surface area contributed by atoms with Gasteiger partial charge in [0.05, 0.1) is 6.54 Å². The van der Waals surface area contributed by atoms with E-state index in [0.29, 0.717) is 17.0 Å². The third kappa shape index (κ3) is 4.20. The summed E-state index contributed by atoms with van der Waals surface area (Å²) in [7, 11) is 0. The van der Waals surface area contributed by atoms with Crippen LogP contribution in [0.5, 0.6) is 0 Å². The summed E-state index contributed by atoms with van der Waals surface area (Å²) in [6, 6.07) is 7.05. The van der Waals surface area contributed by atoms with E-state index in [4.69, 9.17) is 11.6 Å². The summed E-state index contributed by atoms with van der Waals surface area (Å²) in [5.74, 6) is -0.412. The van der Waals surface area contributed by atoms with Crippen molar-refractivity contribution >= 4 is 34.5 Å². The Morgan fingerprint density at radius 3 is 2.52 bits per heavy atom. The summed E-state index contributed by atoms with van der Waals surface area (Å²) in [6.07, 6.45) is -4.55. The first kappa shape index (κ1) is 17.7. The summed E-state index contributed by atoms with van der Waals surface area (Å²) in [5, 5.41) is 4.90. The number of anilines is 1. The Kier molecular flexibility index (Phi) is 5.26. The molecule has 2 rings (SSSR count). The van der Waals surface area contributed by atoms with E-state index in [1.54, 1.807) is 31.2 Å². The van der Waals surface area contributed by atoms with Gasteiger partial charge in [0.25, 0.3) is 0 Å². The molecule has 124 valence electrons. The minimum absolute atomic E-state index is 0.0891. The maximum Gasteiger partial charge on any atom is 0.445 e. The maximum absolute atomic E-state index is 12.6. The first-order valence-electron chi connectivity index (χ1n) is 6.61. The minimum atomic E-state index is -4.55. The standard InChI is InChI=1S/C14H13ClF3N3OS/c1-8-5-3-4-6-10(8)21(12(22)9(2)15)7-11-19-20-13(23-11)14(16,17)18/h3-6,9H,7H2,1-2H3. The first-order chi connectivity index (χ1) is 10.7. The lowest BCUT2D eigenvalue weighted by atomic mass is 10.1. The first-order valence-corrected chi connectivity index (χ1v) is 7.86. The van der Waals surface area contributed by atoms with Gasteiger partial charge in [-0.3, -0.25) is 4.79 Å². The number of hydrogen-bond donors (Lipinski definition) is 0. The van der Waals surface area contributed by atoms with E-state index >= 15 is 0 Å². The van der Waals surface area contributed by atoms with E-state index in [-0.39, 0.29) is 11.6 Å². The fourth-order valence-corrected chi connectivity index (χ4v) is 2.74. The Labute approximate surface area is 139 Å². The molecule has 1 heterocycles. The average Bonchev–Trinajstić information content (AvgIpc) is 2.93. The number of alkyl halides is 4. The third-order valence-corrected chi connectivity index (χ3v) is 4.15. The van der Waals surface area contributed by atoms with E-state index in [1.807, 2.05) is 0 Å². The lowest BCUT2D eigenvalue weighted by Gasteiger charge is -2.24. The summed E-state index contributed by atoms with van der Waals surface area (Å²) >= 11 is 6.28. The molecule has 23 heavy (non-hydrogen) atoms. The van der Waals surface area contributed by atoms with Crippen LogP contribution < -0.4 is 4.90 Å². The second-order valence-corrected chi connectivity index (χ2v) is 6.54. The van der Waals surface area contributed by atoms with Crippen molar-refractivity contribution in [3.8, 4) is 0 Å². The Bertz CT molecular complexity index is 703. The molecule has 0 aliphatic carbocycles.